The van der Waals surface area contributed by atoms with Crippen LogP contribution in [0.2, 0.25) is 0 Å². The summed E-state index contributed by atoms with van der Waals surface area (Å²) in [5, 5.41) is 0. The van der Waals surface area contributed by atoms with E-state index in [9.17, 15) is 13.2 Å². The smallest absolute Gasteiger partial charge is 0.226 e. The van der Waals surface area contributed by atoms with E-state index >= 15 is 0 Å². The van der Waals surface area contributed by atoms with Crippen LogP contribution in [0.5, 0.6) is 0 Å². The van der Waals surface area contributed by atoms with Crippen molar-refractivity contribution in [1.29, 1.82) is 0 Å². The molecule has 1 amide bonds. The fraction of sp³-hybridized carbons (Fsp3) is 0.562. The number of hydrogen-bond acceptors (Lipinski definition) is 4. The normalized spacial score (nSPS) is 19.0. The summed E-state index contributed by atoms with van der Waals surface area (Å²) in [7, 11) is -1.48. The van der Waals surface area contributed by atoms with E-state index in [1.165, 1.54) is 5.56 Å². The van der Waals surface area contributed by atoms with Crippen molar-refractivity contribution in [2.75, 3.05) is 39.5 Å². The fourth-order valence-corrected chi connectivity index (χ4v) is 3.30. The van der Waals surface area contributed by atoms with Gasteiger partial charge in [0.25, 0.3) is 0 Å². The van der Waals surface area contributed by atoms with Gasteiger partial charge >= 0.3 is 0 Å². The van der Waals surface area contributed by atoms with Gasteiger partial charge in [0, 0.05) is 33.2 Å². The molecule has 1 aromatic rings. The predicted molar refractivity (Wildman–Crippen MR) is 90.3 cm³/mol. The van der Waals surface area contributed by atoms with Gasteiger partial charge in [-0.1, -0.05) is 30.3 Å². The molecule has 23 heavy (non-hydrogen) atoms. The lowest BCUT2D eigenvalue weighted by Gasteiger charge is -2.21. The number of nitrogens with zero attached hydrogens (tertiary/aromatic N) is 2. The van der Waals surface area contributed by atoms with E-state index in [2.05, 4.69) is 21.8 Å². The van der Waals surface area contributed by atoms with Gasteiger partial charge in [-0.05, 0) is 18.5 Å². The van der Waals surface area contributed by atoms with Crippen LogP contribution in [-0.2, 0) is 21.4 Å². The molecule has 1 atom stereocenters. The molecule has 0 aromatic heterocycles. The summed E-state index contributed by atoms with van der Waals surface area (Å²) in [5.74, 6) is 0.0952. The maximum Gasteiger partial charge on any atom is 0.226 e. The van der Waals surface area contributed by atoms with E-state index in [0.29, 0.717) is 6.54 Å². The molecular formula is C16H25N3O3S. The fourth-order valence-electron chi connectivity index (χ4n) is 2.84. The third-order valence-corrected chi connectivity index (χ3v) is 4.79. The zero-order chi connectivity index (χ0) is 16.9. The van der Waals surface area contributed by atoms with Crippen molar-refractivity contribution in [2.24, 2.45) is 5.92 Å². The van der Waals surface area contributed by atoms with Gasteiger partial charge in [0.05, 0.1) is 12.2 Å². The Morgan fingerprint density at radius 2 is 2.04 bits per heavy atom. The zero-order valence-electron chi connectivity index (χ0n) is 13.7. The number of likely N-dealkylation sites (tertiary alicyclic amines) is 1. The summed E-state index contributed by atoms with van der Waals surface area (Å²) in [5.41, 5.74) is 1.26. The Morgan fingerprint density at radius 3 is 2.70 bits per heavy atom. The average molecular weight is 339 g/mol. The van der Waals surface area contributed by atoms with Crippen molar-refractivity contribution in [3.63, 3.8) is 0 Å². The Bertz CT molecular complexity index is 619. The predicted octanol–water partition coefficient (Wildman–Crippen LogP) is 0.516. The summed E-state index contributed by atoms with van der Waals surface area (Å²) in [6.07, 6.45) is 1.97. The third kappa shape index (κ3) is 5.93. The Kier molecular flexibility index (Phi) is 6.15. The Hall–Kier alpha value is -1.44. The van der Waals surface area contributed by atoms with Crippen LogP contribution >= 0.6 is 0 Å². The number of carbonyl (C=O) groups excluding carboxylic acids is 1. The molecule has 1 aliphatic heterocycles. The molecule has 0 saturated carbocycles. The van der Waals surface area contributed by atoms with E-state index in [1.807, 2.05) is 18.2 Å². The van der Waals surface area contributed by atoms with Gasteiger partial charge in [0.15, 0.2) is 0 Å². The van der Waals surface area contributed by atoms with Crippen LogP contribution in [0.25, 0.3) is 0 Å². The molecule has 2 rings (SSSR count). The minimum atomic E-state index is -3.20. The third-order valence-electron chi connectivity index (χ3n) is 4.06. The molecule has 6 nitrogen and oxygen atoms in total. The van der Waals surface area contributed by atoms with E-state index in [-0.39, 0.29) is 18.4 Å². The van der Waals surface area contributed by atoms with Crippen molar-refractivity contribution in [3.8, 4) is 0 Å². The molecule has 1 unspecified atom stereocenters. The largest absolute Gasteiger partial charge is 0.344 e. The number of sulfonamides is 1. The maximum absolute atomic E-state index is 12.4. The first kappa shape index (κ1) is 17.9. The molecular weight excluding hydrogens is 314 g/mol. The molecule has 0 aliphatic carbocycles. The van der Waals surface area contributed by atoms with E-state index < -0.39 is 10.0 Å². The van der Waals surface area contributed by atoms with Crippen LogP contribution in [0.4, 0.5) is 0 Å². The lowest BCUT2D eigenvalue weighted by molar-refractivity contribution is -0.133. The lowest BCUT2D eigenvalue weighted by atomic mass is 10.1. The molecule has 1 N–H and O–H groups in total. The van der Waals surface area contributed by atoms with Crippen LogP contribution in [0.15, 0.2) is 30.3 Å². The van der Waals surface area contributed by atoms with Crippen LogP contribution in [0.3, 0.4) is 0 Å². The topological polar surface area (TPSA) is 69.7 Å². The number of hydrogen-bond donors (Lipinski definition) is 1. The Morgan fingerprint density at radius 1 is 1.35 bits per heavy atom. The molecule has 0 radical (unpaired) electrons. The second-order valence-corrected chi connectivity index (χ2v) is 7.97. The quantitative estimate of drug-likeness (QED) is 0.786. The van der Waals surface area contributed by atoms with Crippen LogP contribution < -0.4 is 4.72 Å². The van der Waals surface area contributed by atoms with Gasteiger partial charge in [0.1, 0.15) is 0 Å². The molecule has 1 fully saturated rings. The van der Waals surface area contributed by atoms with Gasteiger partial charge in [-0.2, -0.15) is 0 Å². The van der Waals surface area contributed by atoms with Gasteiger partial charge in [-0.3, -0.25) is 9.69 Å². The van der Waals surface area contributed by atoms with Gasteiger partial charge in [-0.15, -0.1) is 0 Å². The van der Waals surface area contributed by atoms with Crippen molar-refractivity contribution in [3.05, 3.63) is 35.9 Å². The van der Waals surface area contributed by atoms with E-state index in [4.69, 9.17) is 0 Å². The van der Waals surface area contributed by atoms with Gasteiger partial charge in [-0.25, -0.2) is 13.1 Å². The highest BCUT2D eigenvalue weighted by Crippen LogP contribution is 2.20. The SMILES string of the molecule is CN(CCNS(C)(=O)=O)C(=O)C1CCN(Cc2ccccc2)C1. The number of nitrogens with one attached hydrogen (secondary N) is 1. The summed E-state index contributed by atoms with van der Waals surface area (Å²) in [6.45, 7) is 3.19. The van der Waals surface area contributed by atoms with E-state index in [0.717, 1.165) is 32.3 Å². The standard InChI is InChI=1S/C16H25N3O3S/c1-18(11-9-17-23(2,21)22)16(20)15-8-10-19(13-15)12-14-6-4-3-5-7-14/h3-7,15,17H,8-13H2,1-2H3. The van der Waals surface area contributed by atoms with Gasteiger partial charge < -0.3 is 4.90 Å². The van der Waals surface area contributed by atoms with Crippen molar-refractivity contribution in [1.82, 2.24) is 14.5 Å². The molecule has 7 heteroatoms. The maximum atomic E-state index is 12.4. The highest BCUT2D eigenvalue weighted by atomic mass is 32.2. The summed E-state index contributed by atoms with van der Waals surface area (Å²) in [4.78, 5) is 16.3. The highest BCUT2D eigenvalue weighted by Gasteiger charge is 2.30. The Balaban J connectivity index is 1.77. The second-order valence-electron chi connectivity index (χ2n) is 6.13. The molecule has 0 bridgehead atoms. The summed E-state index contributed by atoms with van der Waals surface area (Å²) >= 11 is 0. The number of benzene rings is 1. The molecule has 1 heterocycles. The molecule has 0 spiro atoms. The Labute approximate surface area is 138 Å². The first-order chi connectivity index (χ1) is 10.8. The van der Waals surface area contributed by atoms with Gasteiger partial charge in [0.2, 0.25) is 15.9 Å². The summed E-state index contributed by atoms with van der Waals surface area (Å²) in [6, 6.07) is 10.2. The number of amides is 1. The molecule has 1 saturated heterocycles. The van der Waals surface area contributed by atoms with Crippen LogP contribution in [0.1, 0.15) is 12.0 Å². The van der Waals surface area contributed by atoms with Crippen molar-refractivity contribution >= 4 is 15.9 Å². The zero-order valence-corrected chi connectivity index (χ0v) is 14.6. The number of carbonyl (C=O) groups is 1. The molecule has 1 aromatic carbocycles. The minimum absolute atomic E-state index is 0.00180. The number of likely N-dealkylation sites (N-methyl/N-ethyl adjacent to an activating group) is 1. The minimum Gasteiger partial charge on any atom is -0.344 e. The first-order valence-corrected chi connectivity index (χ1v) is 9.70. The number of rotatable bonds is 7. The van der Waals surface area contributed by atoms with E-state index in [1.54, 1.807) is 11.9 Å². The average Bonchev–Trinajstić information content (AvgIpc) is 2.94. The summed E-state index contributed by atoms with van der Waals surface area (Å²) < 4.78 is 24.5. The van der Waals surface area contributed by atoms with Crippen LogP contribution in [0, 0.1) is 5.92 Å². The van der Waals surface area contributed by atoms with Crippen molar-refractivity contribution < 1.29 is 13.2 Å². The molecule has 1 aliphatic rings. The lowest BCUT2D eigenvalue weighted by Crippen LogP contribution is -2.39. The highest BCUT2D eigenvalue weighted by molar-refractivity contribution is 7.88. The monoisotopic (exact) mass is 339 g/mol. The second kappa shape index (κ2) is 7.90. The van der Waals surface area contributed by atoms with Crippen molar-refractivity contribution in [2.45, 2.75) is 13.0 Å². The first-order valence-electron chi connectivity index (χ1n) is 7.81. The van der Waals surface area contributed by atoms with Crippen LogP contribution in [-0.4, -0.2) is 63.6 Å². The molecule has 128 valence electrons.